The highest BCUT2D eigenvalue weighted by molar-refractivity contribution is 7.09. The maximum atomic E-state index is 13.4. The number of nitrogens with zero attached hydrogens (tertiary/aromatic N) is 2. The van der Waals surface area contributed by atoms with Crippen molar-refractivity contribution in [3.8, 4) is 11.4 Å². The lowest BCUT2D eigenvalue weighted by atomic mass is 9.73. The van der Waals surface area contributed by atoms with Gasteiger partial charge in [0.15, 0.2) is 5.82 Å². The maximum Gasteiger partial charge on any atom is 0.248 e. The number of anilines is 1. The summed E-state index contributed by atoms with van der Waals surface area (Å²) in [7, 11) is 0. The molecular formula is C21H22FN5OS. The summed E-state index contributed by atoms with van der Waals surface area (Å²) in [6.45, 7) is 2.52. The van der Waals surface area contributed by atoms with Crippen LogP contribution in [0.5, 0.6) is 0 Å². The predicted molar refractivity (Wildman–Crippen MR) is 113 cm³/mol. The summed E-state index contributed by atoms with van der Waals surface area (Å²) in [5.74, 6) is -0.146. The molecule has 6 nitrogen and oxygen atoms in total. The zero-order valence-electron chi connectivity index (χ0n) is 15.8. The van der Waals surface area contributed by atoms with E-state index in [0.29, 0.717) is 23.1 Å². The van der Waals surface area contributed by atoms with Crippen LogP contribution in [-0.2, 0) is 5.41 Å². The van der Waals surface area contributed by atoms with Gasteiger partial charge in [-0.2, -0.15) is 9.36 Å². The Kier molecular flexibility index (Phi) is 5.55. The quantitative estimate of drug-likeness (QED) is 0.579. The number of aromatic nitrogens is 2. The number of hydrogen-bond donors (Lipinski definition) is 3. The predicted octanol–water partition coefficient (Wildman–Crippen LogP) is 3.18. The fourth-order valence-corrected chi connectivity index (χ4v) is 4.33. The van der Waals surface area contributed by atoms with Gasteiger partial charge in [0.2, 0.25) is 11.0 Å². The van der Waals surface area contributed by atoms with E-state index in [1.54, 1.807) is 18.2 Å². The third kappa shape index (κ3) is 4.28. The van der Waals surface area contributed by atoms with Gasteiger partial charge < -0.3 is 16.4 Å². The van der Waals surface area contributed by atoms with Crippen molar-refractivity contribution in [3.63, 3.8) is 0 Å². The number of hydrogen-bond acceptors (Lipinski definition) is 6. The van der Waals surface area contributed by atoms with Crippen LogP contribution in [0, 0.1) is 5.82 Å². The molecule has 4 N–H and O–H groups in total. The summed E-state index contributed by atoms with van der Waals surface area (Å²) in [6, 6.07) is 13.8. The van der Waals surface area contributed by atoms with Crippen LogP contribution in [-0.4, -0.2) is 34.9 Å². The van der Waals surface area contributed by atoms with Gasteiger partial charge >= 0.3 is 0 Å². The van der Waals surface area contributed by atoms with E-state index < -0.39 is 5.91 Å². The summed E-state index contributed by atoms with van der Waals surface area (Å²) in [5, 5.41) is 7.53. The van der Waals surface area contributed by atoms with Crippen molar-refractivity contribution in [1.82, 2.24) is 14.7 Å². The molecule has 0 unspecified atom stereocenters. The molecular weight excluding hydrogens is 389 g/mol. The van der Waals surface area contributed by atoms with Gasteiger partial charge in [-0.25, -0.2) is 4.39 Å². The Bertz CT molecular complexity index is 998. The molecule has 1 aromatic heterocycles. The van der Waals surface area contributed by atoms with E-state index in [1.807, 2.05) is 18.2 Å². The number of rotatable bonds is 6. The molecule has 4 rings (SSSR count). The van der Waals surface area contributed by atoms with Crippen LogP contribution in [0.4, 0.5) is 9.52 Å². The second-order valence-corrected chi connectivity index (χ2v) is 8.01. The summed E-state index contributed by atoms with van der Waals surface area (Å²) < 4.78 is 17.8. The molecule has 2 heterocycles. The lowest BCUT2D eigenvalue weighted by Gasteiger charge is -2.38. The van der Waals surface area contributed by atoms with Crippen molar-refractivity contribution in [2.24, 2.45) is 5.73 Å². The van der Waals surface area contributed by atoms with Gasteiger partial charge in [0.05, 0.1) is 0 Å². The molecule has 2 aromatic carbocycles. The number of nitrogens with two attached hydrogens (primary N) is 1. The van der Waals surface area contributed by atoms with Crippen molar-refractivity contribution in [1.29, 1.82) is 0 Å². The molecule has 3 aromatic rings. The summed E-state index contributed by atoms with van der Waals surface area (Å²) in [6.07, 6.45) is 1.91. The van der Waals surface area contributed by atoms with Gasteiger partial charge in [-0.1, -0.05) is 24.3 Å². The Balaban J connectivity index is 1.52. The minimum atomic E-state index is -0.479. The van der Waals surface area contributed by atoms with Crippen LogP contribution in [0.25, 0.3) is 11.4 Å². The van der Waals surface area contributed by atoms with Gasteiger partial charge in [0.25, 0.3) is 0 Å². The number of piperidine rings is 1. The average Bonchev–Trinajstić information content (AvgIpc) is 3.23. The third-order valence-electron chi connectivity index (χ3n) is 5.43. The summed E-state index contributed by atoms with van der Waals surface area (Å²) >= 11 is 1.28. The number of carbonyl (C=O) groups excluding carboxylic acids is 1. The second-order valence-electron chi connectivity index (χ2n) is 7.26. The van der Waals surface area contributed by atoms with Crippen LogP contribution in [0.3, 0.4) is 0 Å². The number of benzene rings is 2. The normalized spacial score (nSPS) is 15.8. The number of halogens is 1. The van der Waals surface area contributed by atoms with Gasteiger partial charge in [-0.05, 0) is 55.8 Å². The number of carbonyl (C=O) groups is 1. The zero-order chi connectivity index (χ0) is 20.3. The lowest BCUT2D eigenvalue weighted by molar-refractivity contribution is 0.100. The second kappa shape index (κ2) is 8.26. The molecule has 8 heteroatoms. The van der Waals surface area contributed by atoms with E-state index in [9.17, 15) is 9.18 Å². The molecule has 0 bridgehead atoms. The van der Waals surface area contributed by atoms with Gasteiger partial charge in [0.1, 0.15) is 5.82 Å². The molecule has 0 radical (unpaired) electrons. The highest BCUT2D eigenvalue weighted by atomic mass is 32.1. The SMILES string of the molecule is NC(=O)c1cccc(-c2nsc(NCC3(c4ccc(F)cc4)CCNCC3)n2)c1. The topological polar surface area (TPSA) is 92.9 Å². The van der Waals surface area contributed by atoms with E-state index >= 15 is 0 Å². The Morgan fingerprint density at radius 2 is 1.97 bits per heavy atom. The van der Waals surface area contributed by atoms with Crippen molar-refractivity contribution < 1.29 is 9.18 Å². The Hall–Kier alpha value is -2.84. The van der Waals surface area contributed by atoms with Gasteiger partial charge in [0, 0.05) is 34.6 Å². The highest BCUT2D eigenvalue weighted by Crippen LogP contribution is 2.34. The smallest absolute Gasteiger partial charge is 0.248 e. The first-order chi connectivity index (χ1) is 14.1. The van der Waals surface area contributed by atoms with Crippen molar-refractivity contribution >= 4 is 22.6 Å². The minimum Gasteiger partial charge on any atom is -0.366 e. The van der Waals surface area contributed by atoms with Crippen LogP contribution >= 0.6 is 11.5 Å². The largest absolute Gasteiger partial charge is 0.366 e. The van der Waals surface area contributed by atoms with E-state index in [0.717, 1.165) is 37.1 Å². The molecule has 1 fully saturated rings. The molecule has 0 atom stereocenters. The Morgan fingerprint density at radius 3 is 2.69 bits per heavy atom. The molecule has 0 aliphatic carbocycles. The fourth-order valence-electron chi connectivity index (χ4n) is 3.75. The van der Waals surface area contributed by atoms with Crippen LogP contribution in [0.1, 0.15) is 28.8 Å². The van der Waals surface area contributed by atoms with Crippen molar-refractivity contribution in [2.75, 3.05) is 25.0 Å². The van der Waals surface area contributed by atoms with Crippen LogP contribution in [0.15, 0.2) is 48.5 Å². The zero-order valence-corrected chi connectivity index (χ0v) is 16.6. The van der Waals surface area contributed by atoms with E-state index in [2.05, 4.69) is 20.0 Å². The van der Waals surface area contributed by atoms with Gasteiger partial charge in [-0.3, -0.25) is 4.79 Å². The molecule has 1 amide bonds. The van der Waals surface area contributed by atoms with E-state index in [4.69, 9.17) is 5.73 Å². The van der Waals surface area contributed by atoms with Crippen LogP contribution < -0.4 is 16.4 Å². The molecule has 29 heavy (non-hydrogen) atoms. The first-order valence-corrected chi connectivity index (χ1v) is 10.3. The standard InChI is InChI=1S/C21H22FN5OS/c22-17-6-4-16(5-7-17)21(8-10-24-11-9-21)13-25-20-26-19(27-29-20)15-3-1-2-14(12-15)18(23)28/h1-7,12,24H,8-11,13H2,(H2,23,28)(H,25,26,27). The fraction of sp³-hybridized carbons (Fsp3) is 0.286. The molecule has 0 spiro atoms. The third-order valence-corrected chi connectivity index (χ3v) is 6.10. The van der Waals surface area contributed by atoms with Gasteiger partial charge in [-0.15, -0.1) is 0 Å². The molecule has 1 saturated heterocycles. The Labute approximate surface area is 172 Å². The lowest BCUT2D eigenvalue weighted by Crippen LogP contribution is -2.44. The first kappa shape index (κ1) is 19.5. The monoisotopic (exact) mass is 411 g/mol. The maximum absolute atomic E-state index is 13.4. The van der Waals surface area contributed by atoms with Crippen LogP contribution in [0.2, 0.25) is 0 Å². The summed E-state index contributed by atoms with van der Waals surface area (Å²) in [4.78, 5) is 16.0. The van der Waals surface area contributed by atoms with Crippen molar-refractivity contribution in [2.45, 2.75) is 18.3 Å². The number of primary amides is 1. The number of amides is 1. The Morgan fingerprint density at radius 1 is 1.21 bits per heavy atom. The minimum absolute atomic E-state index is 0.0866. The van der Waals surface area contributed by atoms with E-state index in [-0.39, 0.29) is 11.2 Å². The summed E-state index contributed by atoms with van der Waals surface area (Å²) in [5.41, 5.74) is 7.58. The van der Waals surface area contributed by atoms with E-state index in [1.165, 1.54) is 23.7 Å². The van der Waals surface area contributed by atoms with Crippen molar-refractivity contribution in [3.05, 3.63) is 65.5 Å². The first-order valence-electron chi connectivity index (χ1n) is 9.50. The number of nitrogens with one attached hydrogen (secondary N) is 2. The molecule has 150 valence electrons. The molecule has 1 aliphatic heterocycles. The molecule has 0 saturated carbocycles. The highest BCUT2D eigenvalue weighted by Gasteiger charge is 2.34. The molecule has 1 aliphatic rings. The average molecular weight is 412 g/mol.